The second-order valence-electron chi connectivity index (χ2n) is 4.44. The van der Waals surface area contributed by atoms with Crippen LogP contribution in [0.15, 0.2) is 6.07 Å². The van der Waals surface area contributed by atoms with Gasteiger partial charge < -0.3 is 0 Å². The van der Waals surface area contributed by atoms with Crippen molar-refractivity contribution in [2.75, 3.05) is 0 Å². The van der Waals surface area contributed by atoms with Crippen LogP contribution in [-0.2, 0) is 6.42 Å². The van der Waals surface area contributed by atoms with E-state index in [0.29, 0.717) is 6.04 Å². The van der Waals surface area contributed by atoms with Crippen molar-refractivity contribution in [2.24, 2.45) is 0 Å². The Kier molecular flexibility index (Phi) is 4.86. The third kappa shape index (κ3) is 3.37. The number of hydrogen-bond acceptors (Lipinski definition) is 1. The SMILES string of the molecule is CCCCCc1cc(C)n(C(C)CC)n1. The lowest BCUT2D eigenvalue weighted by atomic mass is 10.1. The minimum atomic E-state index is 0.532. The molecule has 0 fully saturated rings. The van der Waals surface area contributed by atoms with Crippen LogP contribution in [0.1, 0.15) is 63.9 Å². The van der Waals surface area contributed by atoms with E-state index >= 15 is 0 Å². The Morgan fingerprint density at radius 2 is 2.07 bits per heavy atom. The summed E-state index contributed by atoms with van der Waals surface area (Å²) in [6, 6.07) is 2.77. The maximum atomic E-state index is 4.67. The molecule has 0 aliphatic carbocycles. The summed E-state index contributed by atoms with van der Waals surface area (Å²) in [5.74, 6) is 0. The fourth-order valence-corrected chi connectivity index (χ4v) is 1.85. The molecule has 2 nitrogen and oxygen atoms in total. The molecule has 0 radical (unpaired) electrons. The van der Waals surface area contributed by atoms with Crippen LogP contribution in [0.2, 0.25) is 0 Å². The highest BCUT2D eigenvalue weighted by atomic mass is 15.3. The van der Waals surface area contributed by atoms with E-state index in [2.05, 4.69) is 43.5 Å². The molecule has 1 aromatic heterocycles. The van der Waals surface area contributed by atoms with Crippen molar-refractivity contribution >= 4 is 0 Å². The van der Waals surface area contributed by atoms with Crippen LogP contribution in [0.25, 0.3) is 0 Å². The molecule has 0 aromatic carbocycles. The summed E-state index contributed by atoms with van der Waals surface area (Å²) in [5.41, 5.74) is 2.57. The molecule has 0 spiro atoms. The number of aryl methyl sites for hydroxylation is 2. The lowest BCUT2D eigenvalue weighted by Gasteiger charge is -2.10. The van der Waals surface area contributed by atoms with Gasteiger partial charge in [-0.1, -0.05) is 26.7 Å². The molecule has 0 saturated carbocycles. The maximum absolute atomic E-state index is 4.67. The van der Waals surface area contributed by atoms with Crippen LogP contribution in [0.5, 0.6) is 0 Å². The van der Waals surface area contributed by atoms with Gasteiger partial charge in [-0.2, -0.15) is 5.10 Å². The highest BCUT2D eigenvalue weighted by Gasteiger charge is 2.08. The van der Waals surface area contributed by atoms with E-state index in [1.165, 1.54) is 30.7 Å². The van der Waals surface area contributed by atoms with Crippen molar-refractivity contribution in [3.8, 4) is 0 Å². The van der Waals surface area contributed by atoms with E-state index in [0.717, 1.165) is 12.8 Å². The first-order chi connectivity index (χ1) is 7.19. The van der Waals surface area contributed by atoms with Crippen molar-refractivity contribution in [1.82, 2.24) is 9.78 Å². The molecule has 0 amide bonds. The van der Waals surface area contributed by atoms with E-state index in [1.807, 2.05) is 0 Å². The Hall–Kier alpha value is -0.790. The van der Waals surface area contributed by atoms with Gasteiger partial charge in [0.1, 0.15) is 0 Å². The van der Waals surface area contributed by atoms with E-state index in [-0.39, 0.29) is 0 Å². The number of rotatable bonds is 6. The summed E-state index contributed by atoms with van der Waals surface area (Å²) in [6.07, 6.45) is 6.16. The van der Waals surface area contributed by atoms with E-state index < -0.39 is 0 Å². The first kappa shape index (κ1) is 12.3. The zero-order valence-corrected chi connectivity index (χ0v) is 10.6. The molecule has 0 saturated heterocycles. The molecule has 1 unspecified atom stereocenters. The summed E-state index contributed by atoms with van der Waals surface area (Å²) in [6.45, 7) is 8.84. The Morgan fingerprint density at radius 1 is 1.33 bits per heavy atom. The second kappa shape index (κ2) is 5.94. The van der Waals surface area contributed by atoms with E-state index in [1.54, 1.807) is 0 Å². The largest absolute Gasteiger partial charge is 0.267 e. The maximum Gasteiger partial charge on any atom is 0.0627 e. The molecule has 15 heavy (non-hydrogen) atoms. The van der Waals surface area contributed by atoms with Gasteiger partial charge in [-0.05, 0) is 39.2 Å². The van der Waals surface area contributed by atoms with Crippen LogP contribution in [-0.4, -0.2) is 9.78 Å². The van der Waals surface area contributed by atoms with Gasteiger partial charge in [0, 0.05) is 11.7 Å². The summed E-state index contributed by atoms with van der Waals surface area (Å²) in [7, 11) is 0. The number of nitrogens with zero attached hydrogens (tertiary/aromatic N) is 2. The van der Waals surface area contributed by atoms with Crippen LogP contribution in [0, 0.1) is 6.92 Å². The summed E-state index contributed by atoms with van der Waals surface area (Å²) in [4.78, 5) is 0. The summed E-state index contributed by atoms with van der Waals surface area (Å²) in [5, 5.41) is 4.67. The van der Waals surface area contributed by atoms with Gasteiger partial charge in [0.05, 0.1) is 5.69 Å². The quantitative estimate of drug-likeness (QED) is 0.648. The standard InChI is InChI=1S/C13H24N2/c1-5-7-8-9-13-10-12(4)15(14-13)11(3)6-2/h10-11H,5-9H2,1-4H3. The minimum Gasteiger partial charge on any atom is -0.267 e. The molecule has 2 heteroatoms. The first-order valence-corrected chi connectivity index (χ1v) is 6.24. The molecule has 1 rings (SSSR count). The Balaban J connectivity index is 2.60. The topological polar surface area (TPSA) is 17.8 Å². The summed E-state index contributed by atoms with van der Waals surface area (Å²) >= 11 is 0. The molecule has 0 aliphatic rings. The molecular weight excluding hydrogens is 184 g/mol. The van der Waals surface area contributed by atoms with Crippen LogP contribution in [0.3, 0.4) is 0 Å². The molecule has 0 aliphatic heterocycles. The van der Waals surface area contributed by atoms with E-state index in [9.17, 15) is 0 Å². The van der Waals surface area contributed by atoms with Crippen LogP contribution >= 0.6 is 0 Å². The Labute approximate surface area is 93.7 Å². The molecule has 0 N–H and O–H groups in total. The lowest BCUT2D eigenvalue weighted by Crippen LogP contribution is -2.07. The third-order valence-corrected chi connectivity index (χ3v) is 3.02. The van der Waals surface area contributed by atoms with Gasteiger partial charge in [-0.3, -0.25) is 4.68 Å². The smallest absolute Gasteiger partial charge is 0.0627 e. The van der Waals surface area contributed by atoms with Gasteiger partial charge >= 0.3 is 0 Å². The predicted octanol–water partition coefficient (Wildman–Crippen LogP) is 3.90. The number of unbranched alkanes of at least 4 members (excludes halogenated alkanes) is 2. The van der Waals surface area contributed by atoms with Gasteiger partial charge in [0.25, 0.3) is 0 Å². The summed E-state index contributed by atoms with van der Waals surface area (Å²) < 4.78 is 2.17. The molecule has 0 bridgehead atoms. The first-order valence-electron chi connectivity index (χ1n) is 6.24. The van der Waals surface area contributed by atoms with Crippen molar-refractivity contribution in [2.45, 2.75) is 65.8 Å². The fourth-order valence-electron chi connectivity index (χ4n) is 1.85. The van der Waals surface area contributed by atoms with Gasteiger partial charge in [-0.15, -0.1) is 0 Å². The van der Waals surface area contributed by atoms with Crippen molar-refractivity contribution in [3.05, 3.63) is 17.5 Å². The molecule has 1 aromatic rings. The predicted molar refractivity (Wildman–Crippen MR) is 65.2 cm³/mol. The second-order valence-corrected chi connectivity index (χ2v) is 4.44. The fraction of sp³-hybridized carbons (Fsp3) is 0.769. The van der Waals surface area contributed by atoms with E-state index in [4.69, 9.17) is 0 Å². The van der Waals surface area contributed by atoms with Gasteiger partial charge in [-0.25, -0.2) is 0 Å². The molecular formula is C13H24N2. The van der Waals surface area contributed by atoms with Crippen molar-refractivity contribution in [1.29, 1.82) is 0 Å². The zero-order valence-electron chi connectivity index (χ0n) is 10.6. The van der Waals surface area contributed by atoms with Crippen molar-refractivity contribution in [3.63, 3.8) is 0 Å². The zero-order chi connectivity index (χ0) is 11.3. The molecule has 86 valence electrons. The molecule has 1 heterocycles. The monoisotopic (exact) mass is 208 g/mol. The highest BCUT2D eigenvalue weighted by molar-refractivity contribution is 5.09. The normalized spacial score (nSPS) is 13.1. The Bertz CT molecular complexity index is 289. The highest BCUT2D eigenvalue weighted by Crippen LogP contribution is 2.15. The third-order valence-electron chi connectivity index (χ3n) is 3.02. The van der Waals surface area contributed by atoms with Crippen LogP contribution in [0.4, 0.5) is 0 Å². The number of hydrogen-bond donors (Lipinski definition) is 0. The molecule has 1 atom stereocenters. The minimum absolute atomic E-state index is 0.532. The van der Waals surface area contributed by atoms with Crippen molar-refractivity contribution < 1.29 is 0 Å². The number of aromatic nitrogens is 2. The average Bonchev–Trinajstić information content (AvgIpc) is 2.59. The lowest BCUT2D eigenvalue weighted by molar-refractivity contribution is 0.463. The van der Waals surface area contributed by atoms with Gasteiger partial charge in [0.2, 0.25) is 0 Å². The Morgan fingerprint density at radius 3 is 2.67 bits per heavy atom. The van der Waals surface area contributed by atoms with Gasteiger partial charge in [0.15, 0.2) is 0 Å². The van der Waals surface area contributed by atoms with Crippen LogP contribution < -0.4 is 0 Å². The average molecular weight is 208 g/mol.